The number of ether oxygens (including phenoxy) is 2. The van der Waals surface area contributed by atoms with Gasteiger partial charge in [0.15, 0.2) is 0 Å². The molecule has 0 spiro atoms. The molecule has 0 amide bonds. The maximum Gasteiger partial charge on any atom is 0.134 e. The Labute approximate surface area is 221 Å². The minimum absolute atomic E-state index is 0.136. The molecule has 0 aliphatic rings. The molecule has 5 aromatic carbocycles. The molecular formula is C32H28O4S. The average molecular weight is 509 g/mol. The second-order valence-electron chi connectivity index (χ2n) is 8.67. The van der Waals surface area contributed by atoms with Crippen molar-refractivity contribution in [2.75, 3.05) is 13.2 Å². The highest BCUT2D eigenvalue weighted by molar-refractivity contribution is 7.99. The summed E-state index contributed by atoms with van der Waals surface area (Å²) in [5, 5.41) is 23.2. The summed E-state index contributed by atoms with van der Waals surface area (Å²) in [7, 11) is 0. The Morgan fingerprint density at radius 2 is 1.14 bits per heavy atom. The van der Waals surface area contributed by atoms with Gasteiger partial charge in [-0.05, 0) is 46.8 Å². The second-order valence-corrected chi connectivity index (χ2v) is 9.75. The van der Waals surface area contributed by atoms with Gasteiger partial charge >= 0.3 is 0 Å². The van der Waals surface area contributed by atoms with E-state index in [0.717, 1.165) is 31.7 Å². The monoisotopic (exact) mass is 508 g/mol. The molecule has 2 atom stereocenters. The van der Waals surface area contributed by atoms with E-state index in [0.29, 0.717) is 11.5 Å². The number of rotatable bonds is 10. The highest BCUT2D eigenvalue weighted by Crippen LogP contribution is 2.42. The van der Waals surface area contributed by atoms with Crippen molar-refractivity contribution >= 4 is 22.5 Å². The van der Waals surface area contributed by atoms with Crippen LogP contribution in [0.2, 0.25) is 0 Å². The van der Waals surface area contributed by atoms with Gasteiger partial charge in [0.25, 0.3) is 0 Å². The minimum Gasteiger partial charge on any atom is -0.491 e. The van der Waals surface area contributed by atoms with Crippen LogP contribution >= 0.6 is 11.8 Å². The van der Waals surface area contributed by atoms with Gasteiger partial charge in [0.05, 0.1) is 4.90 Å². The first kappa shape index (κ1) is 24.9. The first-order valence-electron chi connectivity index (χ1n) is 12.2. The zero-order chi connectivity index (χ0) is 25.5. The van der Waals surface area contributed by atoms with E-state index in [1.807, 2.05) is 109 Å². The molecule has 0 fully saturated rings. The van der Waals surface area contributed by atoms with Crippen molar-refractivity contribution in [3.05, 3.63) is 132 Å². The predicted molar refractivity (Wildman–Crippen MR) is 148 cm³/mol. The van der Waals surface area contributed by atoms with E-state index in [4.69, 9.17) is 9.47 Å². The van der Waals surface area contributed by atoms with Gasteiger partial charge < -0.3 is 19.7 Å². The van der Waals surface area contributed by atoms with Crippen LogP contribution in [0.25, 0.3) is 10.8 Å². The zero-order valence-electron chi connectivity index (χ0n) is 20.2. The highest BCUT2D eigenvalue weighted by Gasteiger charge is 2.15. The van der Waals surface area contributed by atoms with E-state index >= 15 is 0 Å². The molecule has 0 aliphatic heterocycles. The molecule has 5 heteroatoms. The Morgan fingerprint density at radius 1 is 0.595 bits per heavy atom. The Balaban J connectivity index is 1.42. The van der Waals surface area contributed by atoms with Crippen LogP contribution in [-0.4, -0.2) is 23.4 Å². The van der Waals surface area contributed by atoms with Gasteiger partial charge in [0.1, 0.15) is 36.9 Å². The normalized spacial score (nSPS) is 12.7. The summed E-state index contributed by atoms with van der Waals surface area (Å²) in [5.74, 6) is 1.36. The largest absolute Gasteiger partial charge is 0.491 e. The van der Waals surface area contributed by atoms with Crippen LogP contribution < -0.4 is 9.47 Å². The van der Waals surface area contributed by atoms with Gasteiger partial charge in [0.2, 0.25) is 0 Å². The van der Waals surface area contributed by atoms with Crippen molar-refractivity contribution in [2.45, 2.75) is 22.0 Å². The molecule has 186 valence electrons. The van der Waals surface area contributed by atoms with Crippen molar-refractivity contribution < 1.29 is 19.7 Å². The summed E-state index contributed by atoms with van der Waals surface area (Å²) < 4.78 is 12.2. The molecule has 0 aromatic heterocycles. The molecule has 4 nitrogen and oxygen atoms in total. The number of aliphatic hydroxyl groups is 2. The summed E-state index contributed by atoms with van der Waals surface area (Å²) >= 11 is 1.61. The lowest BCUT2D eigenvalue weighted by Crippen LogP contribution is -2.10. The van der Waals surface area contributed by atoms with E-state index in [1.165, 1.54) is 0 Å². The minimum atomic E-state index is -0.736. The molecular weight excluding hydrogens is 480 g/mol. The number of benzene rings is 5. The van der Waals surface area contributed by atoms with Crippen LogP contribution in [0.5, 0.6) is 11.5 Å². The van der Waals surface area contributed by atoms with Gasteiger partial charge in [-0.1, -0.05) is 103 Å². The summed E-state index contributed by atoms with van der Waals surface area (Å²) in [6.07, 6.45) is -1.45. The maximum atomic E-state index is 10.7. The first-order chi connectivity index (χ1) is 18.2. The Morgan fingerprint density at radius 3 is 1.76 bits per heavy atom. The van der Waals surface area contributed by atoms with Crippen molar-refractivity contribution in [1.82, 2.24) is 0 Å². The fraction of sp³-hybridized carbons (Fsp3) is 0.125. The first-order valence-corrected chi connectivity index (χ1v) is 13.0. The average Bonchev–Trinajstić information content (AvgIpc) is 2.96. The second kappa shape index (κ2) is 12.0. The fourth-order valence-corrected chi connectivity index (χ4v) is 5.10. The third-order valence-electron chi connectivity index (χ3n) is 6.04. The van der Waals surface area contributed by atoms with Crippen LogP contribution in [0, 0.1) is 0 Å². The standard InChI is InChI=1S/C32H28O4S/c33-29(24-10-4-1-5-11-24)21-35-26-18-16-23-17-19-31(36-22-30(34)25-12-6-2-7-13-25)32(28(23)20-26)37-27-14-8-3-9-15-27/h1-20,29-30,33-34H,21-22H2. The summed E-state index contributed by atoms with van der Waals surface area (Å²) in [6, 6.07) is 39.0. The van der Waals surface area contributed by atoms with E-state index < -0.39 is 12.2 Å². The van der Waals surface area contributed by atoms with Crippen LogP contribution in [0.3, 0.4) is 0 Å². The maximum absolute atomic E-state index is 10.7. The molecule has 0 heterocycles. The SMILES string of the molecule is OC(COc1ccc2ccc(OCC(O)c3ccccc3)c(Sc3ccccc3)c2c1)c1ccccc1. The Bertz CT molecular complexity index is 1420. The van der Waals surface area contributed by atoms with Crippen molar-refractivity contribution in [3.63, 3.8) is 0 Å². The quantitative estimate of drug-likeness (QED) is 0.209. The lowest BCUT2D eigenvalue weighted by molar-refractivity contribution is 0.107. The molecule has 0 saturated heterocycles. The van der Waals surface area contributed by atoms with E-state index in [2.05, 4.69) is 12.1 Å². The van der Waals surface area contributed by atoms with Crippen LogP contribution in [0.4, 0.5) is 0 Å². The summed E-state index contributed by atoms with van der Waals surface area (Å²) in [4.78, 5) is 2.02. The van der Waals surface area contributed by atoms with Gasteiger partial charge in [0, 0.05) is 10.3 Å². The third-order valence-corrected chi connectivity index (χ3v) is 7.18. The molecule has 5 rings (SSSR count). The summed E-state index contributed by atoms with van der Waals surface area (Å²) in [6.45, 7) is 0.285. The number of fused-ring (bicyclic) bond motifs is 1. The van der Waals surface area contributed by atoms with Crippen LogP contribution in [0.1, 0.15) is 23.3 Å². The van der Waals surface area contributed by atoms with Gasteiger partial charge in [-0.25, -0.2) is 0 Å². The zero-order valence-corrected chi connectivity index (χ0v) is 21.1. The highest BCUT2D eigenvalue weighted by atomic mass is 32.2. The topological polar surface area (TPSA) is 58.9 Å². The van der Waals surface area contributed by atoms with Gasteiger partial charge in [-0.3, -0.25) is 0 Å². The predicted octanol–water partition coefficient (Wildman–Crippen LogP) is 7.22. The third kappa shape index (κ3) is 6.33. The van der Waals surface area contributed by atoms with Gasteiger partial charge in [-0.2, -0.15) is 0 Å². The Hall–Kier alpha value is -3.77. The van der Waals surface area contributed by atoms with Crippen molar-refractivity contribution in [3.8, 4) is 11.5 Å². The van der Waals surface area contributed by atoms with E-state index in [9.17, 15) is 10.2 Å². The molecule has 5 aromatic rings. The van der Waals surface area contributed by atoms with Crippen LogP contribution in [0.15, 0.2) is 131 Å². The number of hydrogen-bond acceptors (Lipinski definition) is 5. The Kier molecular flexibility index (Phi) is 8.06. The molecule has 0 bridgehead atoms. The molecule has 2 N–H and O–H groups in total. The van der Waals surface area contributed by atoms with Gasteiger partial charge in [-0.15, -0.1) is 0 Å². The molecule has 0 aliphatic carbocycles. The lowest BCUT2D eigenvalue weighted by Gasteiger charge is -2.18. The molecule has 0 radical (unpaired) electrons. The smallest absolute Gasteiger partial charge is 0.134 e. The lowest BCUT2D eigenvalue weighted by atomic mass is 10.1. The number of hydrogen-bond donors (Lipinski definition) is 2. The fourth-order valence-electron chi connectivity index (χ4n) is 4.05. The van der Waals surface area contributed by atoms with E-state index in [-0.39, 0.29) is 13.2 Å². The molecule has 2 unspecified atom stereocenters. The molecule has 37 heavy (non-hydrogen) atoms. The van der Waals surface area contributed by atoms with Crippen molar-refractivity contribution in [1.29, 1.82) is 0 Å². The number of aliphatic hydroxyl groups excluding tert-OH is 2. The molecule has 0 saturated carbocycles. The van der Waals surface area contributed by atoms with Crippen LogP contribution in [-0.2, 0) is 0 Å². The van der Waals surface area contributed by atoms with Crippen molar-refractivity contribution in [2.24, 2.45) is 0 Å². The van der Waals surface area contributed by atoms with E-state index in [1.54, 1.807) is 11.8 Å². The summed E-state index contributed by atoms with van der Waals surface area (Å²) in [5.41, 5.74) is 1.63.